The van der Waals surface area contributed by atoms with Crippen molar-refractivity contribution in [2.75, 3.05) is 13.2 Å². The van der Waals surface area contributed by atoms with Crippen LogP contribution in [0.2, 0.25) is 0 Å². The van der Waals surface area contributed by atoms with Gasteiger partial charge in [-0.15, -0.1) is 0 Å². The lowest BCUT2D eigenvalue weighted by atomic mass is 9.79. The highest BCUT2D eigenvalue weighted by molar-refractivity contribution is 6.08. The van der Waals surface area contributed by atoms with Crippen LogP contribution in [0.5, 0.6) is 0 Å². The number of ether oxygens (including phenoxy) is 1. The van der Waals surface area contributed by atoms with Crippen molar-refractivity contribution in [2.24, 2.45) is 5.92 Å². The van der Waals surface area contributed by atoms with Crippen molar-refractivity contribution in [3.05, 3.63) is 0 Å². The van der Waals surface area contributed by atoms with Crippen molar-refractivity contribution in [1.29, 1.82) is 5.41 Å². The predicted octanol–water partition coefficient (Wildman–Crippen LogP) is 2.17. The standard InChI is InChI=1S/C15H27N3O2/c1-2-3-9-20-11-15(13(19)17-14(16)18-15)10-12-7-5-4-6-8-12/h12H,2-11H2,1H3,(H3,16,17,18,19). The van der Waals surface area contributed by atoms with Crippen LogP contribution >= 0.6 is 0 Å². The van der Waals surface area contributed by atoms with Crippen LogP contribution in [0.4, 0.5) is 0 Å². The molecule has 2 rings (SSSR count). The summed E-state index contributed by atoms with van der Waals surface area (Å²) < 4.78 is 5.70. The van der Waals surface area contributed by atoms with E-state index >= 15 is 0 Å². The maximum Gasteiger partial charge on any atom is 0.254 e. The zero-order chi connectivity index (χ0) is 14.4. The number of carbonyl (C=O) groups is 1. The Morgan fingerprint density at radius 1 is 1.35 bits per heavy atom. The maximum absolute atomic E-state index is 12.2. The fourth-order valence-electron chi connectivity index (χ4n) is 3.24. The predicted molar refractivity (Wildman–Crippen MR) is 78.7 cm³/mol. The van der Waals surface area contributed by atoms with Gasteiger partial charge in [-0.05, 0) is 18.8 Å². The zero-order valence-corrected chi connectivity index (χ0v) is 12.5. The smallest absolute Gasteiger partial charge is 0.254 e. The van der Waals surface area contributed by atoms with Gasteiger partial charge in [0.25, 0.3) is 5.91 Å². The molecule has 0 radical (unpaired) electrons. The van der Waals surface area contributed by atoms with Gasteiger partial charge >= 0.3 is 0 Å². The first kappa shape index (κ1) is 15.3. The van der Waals surface area contributed by atoms with Gasteiger partial charge in [0.2, 0.25) is 0 Å². The van der Waals surface area contributed by atoms with E-state index in [4.69, 9.17) is 10.1 Å². The van der Waals surface area contributed by atoms with Gasteiger partial charge in [-0.1, -0.05) is 45.4 Å². The van der Waals surface area contributed by atoms with E-state index in [-0.39, 0.29) is 11.9 Å². The first-order valence-electron chi connectivity index (χ1n) is 7.92. The fraction of sp³-hybridized carbons (Fsp3) is 0.867. The van der Waals surface area contributed by atoms with E-state index in [9.17, 15) is 4.79 Å². The van der Waals surface area contributed by atoms with Crippen molar-refractivity contribution >= 4 is 11.9 Å². The monoisotopic (exact) mass is 281 g/mol. The van der Waals surface area contributed by atoms with E-state index in [0.29, 0.717) is 19.1 Å². The molecule has 5 nitrogen and oxygen atoms in total. The molecule has 0 spiro atoms. The highest BCUT2D eigenvalue weighted by Crippen LogP contribution is 2.32. The zero-order valence-electron chi connectivity index (χ0n) is 12.5. The van der Waals surface area contributed by atoms with Gasteiger partial charge in [0.15, 0.2) is 5.96 Å². The van der Waals surface area contributed by atoms with Crippen LogP contribution in [0.1, 0.15) is 58.3 Å². The normalized spacial score (nSPS) is 27.4. The van der Waals surface area contributed by atoms with E-state index in [1.807, 2.05) is 0 Å². The van der Waals surface area contributed by atoms with Gasteiger partial charge in [-0.3, -0.25) is 15.5 Å². The summed E-state index contributed by atoms with van der Waals surface area (Å²) in [6.45, 7) is 3.18. The van der Waals surface area contributed by atoms with Gasteiger partial charge in [0.1, 0.15) is 5.54 Å². The van der Waals surface area contributed by atoms with Crippen LogP contribution < -0.4 is 10.6 Å². The number of nitrogens with one attached hydrogen (secondary N) is 3. The lowest BCUT2D eigenvalue weighted by molar-refractivity contribution is -0.127. The molecule has 2 fully saturated rings. The highest BCUT2D eigenvalue weighted by Gasteiger charge is 2.46. The van der Waals surface area contributed by atoms with Crippen LogP contribution in [-0.4, -0.2) is 30.6 Å². The molecule has 1 amide bonds. The van der Waals surface area contributed by atoms with E-state index in [0.717, 1.165) is 19.3 Å². The largest absolute Gasteiger partial charge is 0.378 e. The summed E-state index contributed by atoms with van der Waals surface area (Å²) >= 11 is 0. The summed E-state index contributed by atoms with van der Waals surface area (Å²) in [5, 5.41) is 13.3. The Hall–Kier alpha value is -1.10. The number of amides is 1. The van der Waals surface area contributed by atoms with Crippen LogP contribution in [-0.2, 0) is 9.53 Å². The third-order valence-electron chi connectivity index (χ3n) is 4.39. The Balaban J connectivity index is 1.96. The number of guanidine groups is 1. The van der Waals surface area contributed by atoms with Gasteiger partial charge in [-0.25, -0.2) is 0 Å². The second-order valence-electron chi connectivity index (χ2n) is 6.15. The average Bonchev–Trinajstić information content (AvgIpc) is 2.71. The van der Waals surface area contributed by atoms with E-state index in [1.165, 1.54) is 32.1 Å². The molecule has 0 bridgehead atoms. The van der Waals surface area contributed by atoms with Crippen LogP contribution in [0, 0.1) is 11.3 Å². The topological polar surface area (TPSA) is 74.2 Å². The van der Waals surface area contributed by atoms with Crippen molar-refractivity contribution in [1.82, 2.24) is 10.6 Å². The molecule has 1 saturated carbocycles. The summed E-state index contributed by atoms with van der Waals surface area (Å²) in [6, 6.07) is 0. The summed E-state index contributed by atoms with van der Waals surface area (Å²) in [5.41, 5.74) is -0.715. The van der Waals surface area contributed by atoms with Crippen LogP contribution in [0.3, 0.4) is 0 Å². The molecule has 0 aromatic carbocycles. The SMILES string of the molecule is CCCCOCC1(CC2CCCCC2)NC(=N)NC1=O. The maximum atomic E-state index is 12.2. The number of hydrogen-bond acceptors (Lipinski definition) is 3. The van der Waals surface area contributed by atoms with Gasteiger partial charge < -0.3 is 10.1 Å². The van der Waals surface area contributed by atoms with Crippen LogP contribution in [0.15, 0.2) is 0 Å². The molecule has 5 heteroatoms. The van der Waals surface area contributed by atoms with E-state index in [1.54, 1.807) is 0 Å². The minimum Gasteiger partial charge on any atom is -0.378 e. The first-order valence-corrected chi connectivity index (χ1v) is 7.92. The molecular weight excluding hydrogens is 254 g/mol. The van der Waals surface area contributed by atoms with Crippen molar-refractivity contribution in [2.45, 2.75) is 63.8 Å². The number of unbranched alkanes of at least 4 members (excludes halogenated alkanes) is 1. The minimum atomic E-state index is -0.715. The summed E-state index contributed by atoms with van der Waals surface area (Å²) in [4.78, 5) is 12.2. The third-order valence-corrected chi connectivity index (χ3v) is 4.39. The first-order chi connectivity index (χ1) is 9.66. The Labute approximate surface area is 121 Å². The molecule has 20 heavy (non-hydrogen) atoms. The number of rotatable bonds is 7. The summed E-state index contributed by atoms with van der Waals surface area (Å²) in [6.07, 6.45) is 9.11. The molecule has 114 valence electrons. The van der Waals surface area contributed by atoms with Crippen LogP contribution in [0.25, 0.3) is 0 Å². The quantitative estimate of drug-likeness (QED) is 0.626. The Morgan fingerprint density at radius 3 is 2.70 bits per heavy atom. The van der Waals surface area contributed by atoms with Gasteiger partial charge in [0.05, 0.1) is 6.61 Å². The number of hydrogen-bond donors (Lipinski definition) is 3. The highest BCUT2D eigenvalue weighted by atomic mass is 16.5. The van der Waals surface area contributed by atoms with Crippen molar-refractivity contribution < 1.29 is 9.53 Å². The molecule has 1 heterocycles. The van der Waals surface area contributed by atoms with E-state index in [2.05, 4.69) is 17.6 Å². The Morgan fingerprint density at radius 2 is 2.10 bits per heavy atom. The Kier molecular flexibility index (Phi) is 5.40. The molecule has 3 N–H and O–H groups in total. The van der Waals surface area contributed by atoms with Gasteiger partial charge in [-0.2, -0.15) is 0 Å². The average molecular weight is 281 g/mol. The molecular formula is C15H27N3O2. The van der Waals surface area contributed by atoms with Crippen molar-refractivity contribution in [3.8, 4) is 0 Å². The molecule has 1 atom stereocenters. The lowest BCUT2D eigenvalue weighted by Crippen LogP contribution is -2.52. The van der Waals surface area contributed by atoms with Gasteiger partial charge in [0, 0.05) is 6.61 Å². The molecule has 1 saturated heterocycles. The second-order valence-corrected chi connectivity index (χ2v) is 6.15. The molecule has 1 aliphatic heterocycles. The summed E-state index contributed by atoms with van der Waals surface area (Å²) in [5.74, 6) is 0.595. The molecule has 0 aromatic rings. The Bertz CT molecular complexity index is 353. The van der Waals surface area contributed by atoms with E-state index < -0.39 is 5.54 Å². The molecule has 1 unspecified atom stereocenters. The van der Waals surface area contributed by atoms with Crippen molar-refractivity contribution in [3.63, 3.8) is 0 Å². The fourth-order valence-corrected chi connectivity index (χ4v) is 3.24. The molecule has 0 aromatic heterocycles. The lowest BCUT2D eigenvalue weighted by Gasteiger charge is -2.32. The number of carbonyl (C=O) groups excluding carboxylic acids is 1. The summed E-state index contributed by atoms with van der Waals surface area (Å²) in [7, 11) is 0. The molecule has 1 aliphatic carbocycles. The second kappa shape index (κ2) is 7.07. The molecule has 2 aliphatic rings. The minimum absolute atomic E-state index is 0.0930. The third kappa shape index (κ3) is 3.72.